The lowest BCUT2D eigenvalue weighted by Gasteiger charge is -2.47. The predicted molar refractivity (Wildman–Crippen MR) is 85.2 cm³/mol. The van der Waals surface area contributed by atoms with Crippen molar-refractivity contribution in [2.75, 3.05) is 45.9 Å². The fourth-order valence-electron chi connectivity index (χ4n) is 3.64. The summed E-state index contributed by atoms with van der Waals surface area (Å²) in [6.07, 6.45) is 6.43. The van der Waals surface area contributed by atoms with Gasteiger partial charge in [0.15, 0.2) is 0 Å². The zero-order valence-electron chi connectivity index (χ0n) is 13.9. The topological polar surface area (TPSA) is 15.7 Å². The Hall–Kier alpha value is -0.120. The zero-order valence-corrected chi connectivity index (χ0v) is 13.9. The SMILES string of the molecule is CCCN1CCC2(CC1)CN(CCCC(C)C)CCO2. The zero-order chi connectivity index (χ0) is 14.4. The molecule has 0 amide bonds. The van der Waals surface area contributed by atoms with Gasteiger partial charge < -0.3 is 9.64 Å². The highest BCUT2D eigenvalue weighted by molar-refractivity contribution is 4.92. The lowest BCUT2D eigenvalue weighted by Crippen LogP contribution is -2.57. The molecule has 2 aliphatic rings. The monoisotopic (exact) mass is 282 g/mol. The van der Waals surface area contributed by atoms with Crippen molar-refractivity contribution in [1.29, 1.82) is 0 Å². The molecule has 2 rings (SSSR count). The first-order valence-corrected chi connectivity index (χ1v) is 8.72. The summed E-state index contributed by atoms with van der Waals surface area (Å²) < 4.78 is 6.22. The Labute approximate surface area is 125 Å². The summed E-state index contributed by atoms with van der Waals surface area (Å²) in [6.45, 7) is 15.2. The van der Waals surface area contributed by atoms with Crippen LogP contribution in [0.1, 0.15) is 52.9 Å². The highest BCUT2D eigenvalue weighted by atomic mass is 16.5. The Bertz CT molecular complexity index is 272. The van der Waals surface area contributed by atoms with Crippen molar-refractivity contribution in [3.63, 3.8) is 0 Å². The molecule has 0 aliphatic carbocycles. The van der Waals surface area contributed by atoms with Gasteiger partial charge in [-0.15, -0.1) is 0 Å². The number of likely N-dealkylation sites (tertiary alicyclic amines) is 1. The van der Waals surface area contributed by atoms with Gasteiger partial charge >= 0.3 is 0 Å². The maximum atomic E-state index is 6.22. The van der Waals surface area contributed by atoms with Gasteiger partial charge in [-0.2, -0.15) is 0 Å². The number of ether oxygens (including phenoxy) is 1. The lowest BCUT2D eigenvalue weighted by atomic mass is 9.89. The number of hydrogen-bond donors (Lipinski definition) is 0. The van der Waals surface area contributed by atoms with Crippen LogP contribution in [0.3, 0.4) is 0 Å². The first-order valence-electron chi connectivity index (χ1n) is 8.72. The van der Waals surface area contributed by atoms with Gasteiger partial charge in [0.1, 0.15) is 0 Å². The van der Waals surface area contributed by atoms with E-state index in [4.69, 9.17) is 4.74 Å². The Balaban J connectivity index is 1.75. The maximum Gasteiger partial charge on any atom is 0.0833 e. The molecule has 2 aliphatic heterocycles. The van der Waals surface area contributed by atoms with E-state index >= 15 is 0 Å². The molecule has 0 saturated carbocycles. The molecule has 2 fully saturated rings. The van der Waals surface area contributed by atoms with Gasteiger partial charge in [-0.1, -0.05) is 20.8 Å². The Morgan fingerprint density at radius 2 is 1.80 bits per heavy atom. The fraction of sp³-hybridized carbons (Fsp3) is 1.00. The van der Waals surface area contributed by atoms with Crippen molar-refractivity contribution in [1.82, 2.24) is 9.80 Å². The van der Waals surface area contributed by atoms with Gasteiger partial charge in [0, 0.05) is 26.2 Å². The Morgan fingerprint density at radius 1 is 1.05 bits per heavy atom. The molecular formula is C17H34N2O. The smallest absolute Gasteiger partial charge is 0.0833 e. The normalized spacial score (nSPS) is 24.6. The van der Waals surface area contributed by atoms with Crippen molar-refractivity contribution in [3.8, 4) is 0 Å². The Morgan fingerprint density at radius 3 is 2.45 bits per heavy atom. The van der Waals surface area contributed by atoms with Crippen LogP contribution in [0.15, 0.2) is 0 Å². The van der Waals surface area contributed by atoms with Crippen LogP contribution >= 0.6 is 0 Å². The molecule has 0 aromatic carbocycles. The summed E-state index contributed by atoms with van der Waals surface area (Å²) in [6, 6.07) is 0. The van der Waals surface area contributed by atoms with Crippen LogP contribution in [0.5, 0.6) is 0 Å². The van der Waals surface area contributed by atoms with Crippen LogP contribution in [-0.2, 0) is 4.74 Å². The third-order valence-electron chi connectivity index (χ3n) is 4.89. The van der Waals surface area contributed by atoms with Crippen molar-refractivity contribution in [2.45, 2.75) is 58.5 Å². The van der Waals surface area contributed by atoms with Gasteiger partial charge in [-0.3, -0.25) is 4.90 Å². The molecule has 0 atom stereocenters. The van der Waals surface area contributed by atoms with E-state index in [1.54, 1.807) is 0 Å². The van der Waals surface area contributed by atoms with Gasteiger partial charge in [0.25, 0.3) is 0 Å². The van der Waals surface area contributed by atoms with E-state index in [0.717, 1.165) is 19.1 Å². The molecule has 118 valence electrons. The molecule has 2 saturated heterocycles. The third kappa shape index (κ3) is 4.71. The second-order valence-electron chi connectivity index (χ2n) is 7.19. The summed E-state index contributed by atoms with van der Waals surface area (Å²) in [5.74, 6) is 0.835. The van der Waals surface area contributed by atoms with Crippen molar-refractivity contribution >= 4 is 0 Å². The number of rotatable bonds is 6. The van der Waals surface area contributed by atoms with E-state index in [1.165, 1.54) is 64.8 Å². The molecule has 0 bridgehead atoms. The molecule has 0 unspecified atom stereocenters. The van der Waals surface area contributed by atoms with Gasteiger partial charge in [0.2, 0.25) is 0 Å². The third-order valence-corrected chi connectivity index (χ3v) is 4.89. The highest BCUT2D eigenvalue weighted by Gasteiger charge is 2.39. The van der Waals surface area contributed by atoms with Gasteiger partial charge in [-0.25, -0.2) is 0 Å². The van der Waals surface area contributed by atoms with Crippen molar-refractivity contribution < 1.29 is 4.74 Å². The van der Waals surface area contributed by atoms with Gasteiger partial charge in [-0.05, 0) is 51.1 Å². The van der Waals surface area contributed by atoms with Gasteiger partial charge in [0.05, 0.1) is 12.2 Å². The Kier molecular flexibility index (Phi) is 6.31. The second kappa shape index (κ2) is 7.77. The van der Waals surface area contributed by atoms with Crippen molar-refractivity contribution in [3.05, 3.63) is 0 Å². The molecule has 20 heavy (non-hydrogen) atoms. The van der Waals surface area contributed by atoms with E-state index in [2.05, 4.69) is 30.6 Å². The molecule has 0 radical (unpaired) electrons. The fourth-order valence-corrected chi connectivity index (χ4v) is 3.64. The number of hydrogen-bond acceptors (Lipinski definition) is 3. The van der Waals surface area contributed by atoms with Crippen LogP contribution in [0, 0.1) is 5.92 Å². The molecular weight excluding hydrogens is 248 g/mol. The molecule has 0 aromatic rings. The number of piperidine rings is 1. The molecule has 1 spiro atoms. The van der Waals surface area contributed by atoms with Crippen LogP contribution in [0.4, 0.5) is 0 Å². The number of nitrogens with zero attached hydrogens (tertiary/aromatic N) is 2. The number of morpholine rings is 1. The van der Waals surface area contributed by atoms with E-state index in [0.29, 0.717) is 0 Å². The predicted octanol–water partition coefficient (Wildman–Crippen LogP) is 3.00. The summed E-state index contributed by atoms with van der Waals surface area (Å²) in [4.78, 5) is 5.26. The molecule has 3 heteroatoms. The highest BCUT2D eigenvalue weighted by Crippen LogP contribution is 2.30. The first-order chi connectivity index (χ1) is 9.63. The van der Waals surface area contributed by atoms with Crippen molar-refractivity contribution in [2.24, 2.45) is 5.92 Å². The largest absolute Gasteiger partial charge is 0.372 e. The summed E-state index contributed by atoms with van der Waals surface area (Å²) in [5, 5.41) is 0. The van der Waals surface area contributed by atoms with E-state index < -0.39 is 0 Å². The first kappa shape index (κ1) is 16.3. The summed E-state index contributed by atoms with van der Waals surface area (Å²) in [5.41, 5.74) is 0.181. The van der Waals surface area contributed by atoms with E-state index in [9.17, 15) is 0 Å². The molecule has 0 aromatic heterocycles. The molecule has 2 heterocycles. The minimum absolute atomic E-state index is 0.181. The average molecular weight is 282 g/mol. The second-order valence-corrected chi connectivity index (χ2v) is 7.19. The minimum Gasteiger partial charge on any atom is -0.372 e. The summed E-state index contributed by atoms with van der Waals surface area (Å²) in [7, 11) is 0. The minimum atomic E-state index is 0.181. The summed E-state index contributed by atoms with van der Waals surface area (Å²) >= 11 is 0. The van der Waals surface area contributed by atoms with Crippen LogP contribution in [0.2, 0.25) is 0 Å². The lowest BCUT2D eigenvalue weighted by molar-refractivity contribution is -0.135. The molecule has 3 nitrogen and oxygen atoms in total. The quantitative estimate of drug-likeness (QED) is 0.745. The average Bonchev–Trinajstić information content (AvgIpc) is 2.42. The van der Waals surface area contributed by atoms with E-state index in [1.807, 2.05) is 0 Å². The van der Waals surface area contributed by atoms with Crippen LogP contribution in [-0.4, -0.2) is 61.3 Å². The van der Waals surface area contributed by atoms with Crippen LogP contribution in [0.25, 0.3) is 0 Å². The van der Waals surface area contributed by atoms with E-state index in [-0.39, 0.29) is 5.60 Å². The maximum absolute atomic E-state index is 6.22. The standard InChI is InChI=1S/C17H34N2O/c1-4-9-18-11-7-17(8-12-18)15-19(13-14-20-17)10-5-6-16(2)3/h16H,4-15H2,1-3H3. The van der Waals surface area contributed by atoms with Crippen LogP contribution < -0.4 is 0 Å². The molecule has 0 N–H and O–H groups in total.